The highest BCUT2D eigenvalue weighted by Gasteiger charge is 2.14. The fourth-order valence-corrected chi connectivity index (χ4v) is 3.13. The van der Waals surface area contributed by atoms with Crippen LogP contribution in [0.1, 0.15) is 11.1 Å². The average molecular weight is 453 g/mol. The minimum atomic E-state index is -0.762. The second-order valence-corrected chi connectivity index (χ2v) is 7.51. The summed E-state index contributed by atoms with van der Waals surface area (Å²) in [6.07, 6.45) is 0. The third-order valence-electron chi connectivity index (χ3n) is 4.93. The van der Waals surface area contributed by atoms with Crippen molar-refractivity contribution in [3.8, 4) is 11.5 Å². The highest BCUT2D eigenvalue weighted by Crippen LogP contribution is 2.19. The Morgan fingerprint density at radius 3 is 1.21 bits per heavy atom. The van der Waals surface area contributed by atoms with Gasteiger partial charge in [0.2, 0.25) is 0 Å². The van der Waals surface area contributed by atoms with Gasteiger partial charge in [-0.15, -0.1) is 0 Å². The summed E-state index contributed by atoms with van der Waals surface area (Å²) in [4.78, 5) is 24.5. The number of hydrogen-bond donors (Lipinski definition) is 2. The molecule has 0 atom stereocenters. The summed E-state index contributed by atoms with van der Waals surface area (Å²) in [5.74, 6) is -0.188. The highest BCUT2D eigenvalue weighted by atomic mass is 16.5. The number of hydrogen-bond acceptors (Lipinski definition) is 4. The molecule has 4 rings (SSSR count). The van der Waals surface area contributed by atoms with Crippen molar-refractivity contribution in [1.82, 2.24) is 0 Å². The molecule has 0 saturated heterocycles. The SMILES string of the molecule is O=C(Nc1ccc(OCc2ccccc2)cc1)C(=O)Nc1ccc(OCc2ccccc2)cc1. The van der Waals surface area contributed by atoms with Crippen LogP contribution < -0.4 is 20.1 Å². The number of carbonyl (C=O) groups is 2. The number of nitrogens with one attached hydrogen (secondary N) is 2. The van der Waals surface area contributed by atoms with Gasteiger partial charge in [0.25, 0.3) is 0 Å². The second-order valence-electron chi connectivity index (χ2n) is 7.51. The molecule has 4 aromatic carbocycles. The summed E-state index contributed by atoms with van der Waals surface area (Å²) in [6, 6.07) is 33.4. The van der Waals surface area contributed by atoms with E-state index >= 15 is 0 Å². The number of ether oxygens (including phenoxy) is 2. The first-order chi connectivity index (χ1) is 16.7. The van der Waals surface area contributed by atoms with E-state index < -0.39 is 11.8 Å². The predicted octanol–water partition coefficient (Wildman–Crippen LogP) is 5.42. The molecule has 170 valence electrons. The molecule has 0 heterocycles. The Kier molecular flexibility index (Phi) is 7.54. The minimum Gasteiger partial charge on any atom is -0.489 e. The van der Waals surface area contributed by atoms with Crippen LogP contribution in [0.3, 0.4) is 0 Å². The van der Waals surface area contributed by atoms with Gasteiger partial charge in [-0.25, -0.2) is 0 Å². The Bertz CT molecular complexity index is 1110. The van der Waals surface area contributed by atoms with Crippen molar-refractivity contribution in [2.75, 3.05) is 10.6 Å². The molecule has 34 heavy (non-hydrogen) atoms. The standard InChI is InChI=1S/C28H24N2O4/c31-27(29-23-11-15-25(16-12-23)33-19-21-7-3-1-4-8-21)28(32)30-24-13-17-26(18-14-24)34-20-22-9-5-2-6-10-22/h1-18H,19-20H2,(H,29,31)(H,30,32). The topological polar surface area (TPSA) is 76.7 Å². The fourth-order valence-electron chi connectivity index (χ4n) is 3.13. The van der Waals surface area contributed by atoms with E-state index in [0.29, 0.717) is 36.1 Å². The second kappa shape index (κ2) is 11.3. The van der Waals surface area contributed by atoms with E-state index in [1.54, 1.807) is 48.5 Å². The summed E-state index contributed by atoms with van der Waals surface area (Å²) < 4.78 is 11.5. The maximum atomic E-state index is 12.3. The van der Waals surface area contributed by atoms with Gasteiger partial charge in [0.05, 0.1) is 0 Å². The van der Waals surface area contributed by atoms with Crippen LogP contribution in [0.25, 0.3) is 0 Å². The largest absolute Gasteiger partial charge is 0.489 e. The molecular formula is C28H24N2O4. The van der Waals surface area contributed by atoms with E-state index in [4.69, 9.17) is 9.47 Å². The molecule has 0 radical (unpaired) electrons. The molecule has 0 unspecified atom stereocenters. The van der Waals surface area contributed by atoms with Crippen LogP contribution in [0.4, 0.5) is 11.4 Å². The van der Waals surface area contributed by atoms with Crippen LogP contribution in [0.2, 0.25) is 0 Å². The van der Waals surface area contributed by atoms with Crippen LogP contribution in [-0.4, -0.2) is 11.8 Å². The van der Waals surface area contributed by atoms with Crippen molar-refractivity contribution in [2.45, 2.75) is 13.2 Å². The molecule has 0 spiro atoms. The van der Waals surface area contributed by atoms with Gasteiger partial charge in [0, 0.05) is 11.4 Å². The van der Waals surface area contributed by atoms with Gasteiger partial charge in [-0.05, 0) is 59.7 Å². The van der Waals surface area contributed by atoms with Gasteiger partial charge in [0.15, 0.2) is 0 Å². The number of anilines is 2. The summed E-state index contributed by atoms with van der Waals surface area (Å²) in [7, 11) is 0. The van der Waals surface area contributed by atoms with E-state index in [0.717, 1.165) is 11.1 Å². The molecule has 2 amide bonds. The number of carbonyl (C=O) groups excluding carboxylic acids is 2. The zero-order valence-electron chi connectivity index (χ0n) is 18.4. The molecule has 2 N–H and O–H groups in total. The Morgan fingerprint density at radius 1 is 0.500 bits per heavy atom. The first-order valence-corrected chi connectivity index (χ1v) is 10.8. The molecular weight excluding hydrogens is 428 g/mol. The number of rotatable bonds is 8. The van der Waals surface area contributed by atoms with E-state index in [-0.39, 0.29) is 0 Å². The molecule has 4 aromatic rings. The number of amides is 2. The van der Waals surface area contributed by atoms with Gasteiger partial charge in [-0.1, -0.05) is 60.7 Å². The van der Waals surface area contributed by atoms with E-state index in [1.165, 1.54) is 0 Å². The lowest BCUT2D eigenvalue weighted by Gasteiger charge is -2.10. The summed E-state index contributed by atoms with van der Waals surface area (Å²) >= 11 is 0. The van der Waals surface area contributed by atoms with Crippen molar-refractivity contribution in [2.24, 2.45) is 0 Å². The maximum absolute atomic E-state index is 12.3. The zero-order chi connectivity index (χ0) is 23.6. The normalized spacial score (nSPS) is 10.2. The minimum absolute atomic E-state index is 0.449. The van der Waals surface area contributed by atoms with E-state index in [1.807, 2.05) is 60.7 Å². The zero-order valence-corrected chi connectivity index (χ0v) is 18.4. The van der Waals surface area contributed by atoms with Crippen molar-refractivity contribution in [3.05, 3.63) is 120 Å². The Hall–Kier alpha value is -4.58. The molecule has 0 aromatic heterocycles. The summed E-state index contributed by atoms with van der Waals surface area (Å²) in [5, 5.41) is 5.16. The number of benzene rings is 4. The van der Waals surface area contributed by atoms with Gasteiger partial charge in [0.1, 0.15) is 24.7 Å². The molecule has 6 nitrogen and oxygen atoms in total. The van der Waals surface area contributed by atoms with Crippen LogP contribution in [0, 0.1) is 0 Å². The van der Waals surface area contributed by atoms with Gasteiger partial charge < -0.3 is 20.1 Å². The smallest absolute Gasteiger partial charge is 0.314 e. The molecule has 0 saturated carbocycles. The van der Waals surface area contributed by atoms with Crippen LogP contribution in [0.15, 0.2) is 109 Å². The van der Waals surface area contributed by atoms with E-state index in [9.17, 15) is 9.59 Å². The Morgan fingerprint density at radius 2 is 0.853 bits per heavy atom. The Balaban J connectivity index is 1.23. The lowest BCUT2D eigenvalue weighted by Crippen LogP contribution is -2.29. The van der Waals surface area contributed by atoms with Gasteiger partial charge in [-0.3, -0.25) is 9.59 Å². The first kappa shape index (κ1) is 22.6. The summed E-state index contributed by atoms with van der Waals surface area (Å²) in [6.45, 7) is 0.899. The lowest BCUT2D eigenvalue weighted by molar-refractivity contribution is -0.132. The highest BCUT2D eigenvalue weighted by molar-refractivity contribution is 6.43. The molecule has 0 aliphatic rings. The molecule has 0 fully saturated rings. The third kappa shape index (κ3) is 6.71. The molecule has 0 aliphatic carbocycles. The van der Waals surface area contributed by atoms with E-state index in [2.05, 4.69) is 10.6 Å². The van der Waals surface area contributed by atoms with Crippen molar-refractivity contribution in [1.29, 1.82) is 0 Å². The molecule has 6 heteroatoms. The lowest BCUT2D eigenvalue weighted by atomic mass is 10.2. The fraction of sp³-hybridized carbons (Fsp3) is 0.0714. The molecule has 0 bridgehead atoms. The van der Waals surface area contributed by atoms with Crippen LogP contribution in [-0.2, 0) is 22.8 Å². The van der Waals surface area contributed by atoms with Crippen LogP contribution >= 0.6 is 0 Å². The maximum Gasteiger partial charge on any atom is 0.314 e. The van der Waals surface area contributed by atoms with Gasteiger partial charge in [-0.2, -0.15) is 0 Å². The summed E-state index contributed by atoms with van der Waals surface area (Å²) in [5.41, 5.74) is 3.12. The first-order valence-electron chi connectivity index (χ1n) is 10.8. The van der Waals surface area contributed by atoms with Crippen molar-refractivity contribution < 1.29 is 19.1 Å². The van der Waals surface area contributed by atoms with Crippen LogP contribution in [0.5, 0.6) is 11.5 Å². The van der Waals surface area contributed by atoms with Crippen molar-refractivity contribution in [3.63, 3.8) is 0 Å². The quantitative estimate of drug-likeness (QED) is 0.350. The van der Waals surface area contributed by atoms with Gasteiger partial charge >= 0.3 is 11.8 Å². The monoisotopic (exact) mass is 452 g/mol. The third-order valence-corrected chi connectivity index (χ3v) is 4.93. The average Bonchev–Trinajstić information content (AvgIpc) is 2.89. The van der Waals surface area contributed by atoms with Crippen molar-refractivity contribution >= 4 is 23.2 Å². The predicted molar refractivity (Wildman–Crippen MR) is 132 cm³/mol. The molecule has 0 aliphatic heterocycles. The Labute approximate surface area is 198 Å².